The maximum Gasteiger partial charge on any atom is 0.261 e. The second kappa shape index (κ2) is 8.52. The summed E-state index contributed by atoms with van der Waals surface area (Å²) in [6, 6.07) is 19.8. The largest absolute Gasteiger partial charge is 0.335 e. The number of hydrogen-bond donors (Lipinski definition) is 0. The molecule has 0 bridgehead atoms. The summed E-state index contributed by atoms with van der Waals surface area (Å²) in [5, 5.41) is 0. The maximum absolute atomic E-state index is 13.5. The van der Waals surface area contributed by atoms with Gasteiger partial charge in [-0.15, -0.1) is 0 Å². The lowest BCUT2D eigenvalue weighted by atomic mass is 10.1. The topological polar surface area (TPSA) is 57.7 Å². The third-order valence-electron chi connectivity index (χ3n) is 5.32. The molecule has 6 heteroatoms. The van der Waals surface area contributed by atoms with Gasteiger partial charge in [0, 0.05) is 18.7 Å². The van der Waals surface area contributed by atoms with E-state index in [1.165, 1.54) is 17.0 Å². The van der Waals surface area contributed by atoms with E-state index >= 15 is 0 Å². The first kappa shape index (κ1) is 20.5. The second-order valence-corrected chi connectivity index (χ2v) is 7.39. The molecule has 0 saturated heterocycles. The molecule has 0 unspecified atom stereocenters. The van der Waals surface area contributed by atoms with Gasteiger partial charge in [0.2, 0.25) is 0 Å². The average Bonchev–Trinajstić information content (AvgIpc) is 3.02. The Hall–Kier alpha value is -3.80. The minimum atomic E-state index is -0.344. The van der Waals surface area contributed by atoms with Crippen molar-refractivity contribution in [1.29, 1.82) is 0 Å². The molecule has 0 fully saturated rings. The van der Waals surface area contributed by atoms with Gasteiger partial charge in [-0.3, -0.25) is 19.3 Å². The molecule has 3 aromatic carbocycles. The Balaban J connectivity index is 1.52. The lowest BCUT2D eigenvalue weighted by Gasteiger charge is -2.22. The molecule has 4 rings (SSSR count). The molecule has 1 aliphatic heterocycles. The monoisotopic (exact) mass is 416 g/mol. The number of nitrogens with zero attached hydrogens (tertiary/aromatic N) is 2. The van der Waals surface area contributed by atoms with E-state index in [4.69, 9.17) is 0 Å². The highest BCUT2D eigenvalue weighted by molar-refractivity contribution is 6.21. The van der Waals surface area contributed by atoms with Gasteiger partial charge in [-0.1, -0.05) is 36.4 Å². The summed E-state index contributed by atoms with van der Waals surface area (Å²) >= 11 is 0. The fraction of sp³-hybridized carbons (Fsp3) is 0.160. The zero-order valence-electron chi connectivity index (χ0n) is 17.0. The number of halogens is 1. The van der Waals surface area contributed by atoms with Gasteiger partial charge in [0.25, 0.3) is 17.7 Å². The second-order valence-electron chi connectivity index (χ2n) is 7.39. The molecule has 3 amide bonds. The molecule has 0 atom stereocenters. The first-order chi connectivity index (χ1) is 15.0. The third-order valence-corrected chi connectivity index (χ3v) is 5.32. The van der Waals surface area contributed by atoms with Gasteiger partial charge < -0.3 is 4.90 Å². The van der Waals surface area contributed by atoms with Crippen molar-refractivity contribution in [3.05, 3.63) is 106 Å². The van der Waals surface area contributed by atoms with Gasteiger partial charge in [0.1, 0.15) is 5.82 Å². The molecule has 1 heterocycles. The van der Waals surface area contributed by atoms with Crippen LogP contribution in [0.25, 0.3) is 0 Å². The quantitative estimate of drug-likeness (QED) is 0.564. The van der Waals surface area contributed by atoms with Crippen LogP contribution in [0.1, 0.15) is 49.1 Å². The molecular weight excluding hydrogens is 395 g/mol. The Morgan fingerprint density at radius 3 is 2.16 bits per heavy atom. The highest BCUT2D eigenvalue weighted by Gasteiger charge is 2.35. The van der Waals surface area contributed by atoms with Crippen molar-refractivity contribution in [1.82, 2.24) is 9.80 Å². The van der Waals surface area contributed by atoms with Crippen LogP contribution >= 0.6 is 0 Å². The summed E-state index contributed by atoms with van der Waals surface area (Å²) in [7, 11) is 0. The van der Waals surface area contributed by atoms with E-state index in [-0.39, 0.29) is 36.6 Å². The van der Waals surface area contributed by atoms with Crippen LogP contribution < -0.4 is 0 Å². The zero-order valence-corrected chi connectivity index (χ0v) is 17.0. The van der Waals surface area contributed by atoms with E-state index in [1.807, 2.05) is 6.92 Å². The first-order valence-electron chi connectivity index (χ1n) is 10.1. The number of fused-ring (bicyclic) bond motifs is 1. The highest BCUT2D eigenvalue weighted by atomic mass is 19.1. The summed E-state index contributed by atoms with van der Waals surface area (Å²) in [5.74, 6) is -1.21. The van der Waals surface area contributed by atoms with E-state index in [1.54, 1.807) is 65.6 Å². The van der Waals surface area contributed by atoms with Crippen molar-refractivity contribution >= 4 is 17.7 Å². The zero-order chi connectivity index (χ0) is 22.0. The fourth-order valence-electron chi connectivity index (χ4n) is 3.73. The number of benzene rings is 3. The van der Waals surface area contributed by atoms with E-state index in [0.29, 0.717) is 34.4 Å². The van der Waals surface area contributed by atoms with Gasteiger partial charge in [-0.2, -0.15) is 0 Å². The van der Waals surface area contributed by atoms with Crippen molar-refractivity contribution in [3.8, 4) is 0 Å². The van der Waals surface area contributed by atoms with E-state index in [0.717, 1.165) is 0 Å². The van der Waals surface area contributed by atoms with Crippen LogP contribution in [0.5, 0.6) is 0 Å². The van der Waals surface area contributed by atoms with Crippen molar-refractivity contribution in [2.75, 3.05) is 6.54 Å². The van der Waals surface area contributed by atoms with Crippen molar-refractivity contribution in [2.45, 2.75) is 20.0 Å². The number of hydrogen-bond acceptors (Lipinski definition) is 3. The lowest BCUT2D eigenvalue weighted by molar-refractivity contribution is 0.0642. The third kappa shape index (κ3) is 4.10. The molecule has 0 radical (unpaired) electrons. The van der Waals surface area contributed by atoms with Crippen LogP contribution in [0, 0.1) is 5.82 Å². The molecule has 156 valence electrons. The number of rotatable bonds is 6. The number of imide groups is 1. The van der Waals surface area contributed by atoms with Gasteiger partial charge in [0.05, 0.1) is 17.7 Å². The van der Waals surface area contributed by atoms with Gasteiger partial charge in [0.15, 0.2) is 0 Å². The highest BCUT2D eigenvalue weighted by Crippen LogP contribution is 2.24. The van der Waals surface area contributed by atoms with Gasteiger partial charge >= 0.3 is 0 Å². The fourth-order valence-corrected chi connectivity index (χ4v) is 3.73. The number of amides is 3. The summed E-state index contributed by atoms with van der Waals surface area (Å²) < 4.78 is 13.5. The first-order valence-corrected chi connectivity index (χ1v) is 10.1. The Kier molecular flexibility index (Phi) is 5.62. The standard InChI is InChI=1S/C25H21FN2O3/c1-2-27(15-18-8-6-10-20(26)14-18)23(29)19-9-5-7-17(13-19)16-28-24(30)21-11-3-4-12-22(21)25(28)31/h3-14H,2,15-16H2,1H3. The van der Waals surface area contributed by atoms with Crippen LogP contribution in [-0.2, 0) is 13.1 Å². The lowest BCUT2D eigenvalue weighted by Crippen LogP contribution is -2.31. The Morgan fingerprint density at radius 2 is 1.52 bits per heavy atom. The Labute approximate surface area is 179 Å². The van der Waals surface area contributed by atoms with Crippen LogP contribution in [0.15, 0.2) is 72.8 Å². The summed E-state index contributed by atoms with van der Waals surface area (Å²) in [6.07, 6.45) is 0. The van der Waals surface area contributed by atoms with E-state index in [9.17, 15) is 18.8 Å². The molecule has 1 aliphatic rings. The number of carbonyl (C=O) groups is 3. The SMILES string of the molecule is CCN(Cc1cccc(F)c1)C(=O)c1cccc(CN2C(=O)c3ccccc3C2=O)c1. The van der Waals surface area contributed by atoms with Crippen molar-refractivity contribution in [2.24, 2.45) is 0 Å². The van der Waals surface area contributed by atoms with Gasteiger partial charge in [-0.25, -0.2) is 4.39 Å². The molecule has 0 saturated carbocycles. The predicted octanol–water partition coefficient (Wildman–Crippen LogP) is 4.28. The molecular formula is C25H21FN2O3. The summed E-state index contributed by atoms with van der Waals surface area (Å²) in [5.41, 5.74) is 2.63. The van der Waals surface area contributed by atoms with Gasteiger partial charge in [-0.05, 0) is 54.4 Å². The molecule has 31 heavy (non-hydrogen) atoms. The minimum Gasteiger partial charge on any atom is -0.335 e. The van der Waals surface area contributed by atoms with Crippen LogP contribution in [0.3, 0.4) is 0 Å². The van der Waals surface area contributed by atoms with E-state index in [2.05, 4.69) is 0 Å². The molecule has 0 aliphatic carbocycles. The smallest absolute Gasteiger partial charge is 0.261 e. The van der Waals surface area contributed by atoms with Crippen molar-refractivity contribution < 1.29 is 18.8 Å². The maximum atomic E-state index is 13.5. The molecule has 5 nitrogen and oxygen atoms in total. The molecule has 0 spiro atoms. The minimum absolute atomic E-state index is 0.0868. The van der Waals surface area contributed by atoms with E-state index < -0.39 is 0 Å². The summed E-state index contributed by atoms with van der Waals surface area (Å²) in [4.78, 5) is 41.1. The normalized spacial score (nSPS) is 12.8. The summed E-state index contributed by atoms with van der Waals surface area (Å²) in [6.45, 7) is 2.69. The van der Waals surface area contributed by atoms with Crippen molar-refractivity contribution in [3.63, 3.8) is 0 Å². The van der Waals surface area contributed by atoms with Crippen LogP contribution in [-0.4, -0.2) is 34.1 Å². The molecule has 0 aromatic heterocycles. The Bertz CT molecular complexity index is 1140. The molecule has 0 N–H and O–H groups in total. The molecule has 3 aromatic rings. The Morgan fingerprint density at radius 1 is 0.871 bits per heavy atom. The average molecular weight is 416 g/mol. The van der Waals surface area contributed by atoms with Crippen LogP contribution in [0.4, 0.5) is 4.39 Å². The predicted molar refractivity (Wildman–Crippen MR) is 114 cm³/mol. The number of carbonyl (C=O) groups excluding carboxylic acids is 3. The van der Waals surface area contributed by atoms with Crippen LogP contribution in [0.2, 0.25) is 0 Å².